The van der Waals surface area contributed by atoms with Gasteiger partial charge in [-0.25, -0.2) is 4.79 Å². The van der Waals surface area contributed by atoms with E-state index in [1.54, 1.807) is 18.2 Å². The second-order valence-electron chi connectivity index (χ2n) is 10.3. The summed E-state index contributed by atoms with van der Waals surface area (Å²) in [5.41, 5.74) is 0.869. The number of nitrogens with one attached hydrogen (secondary N) is 1. The Kier molecular flexibility index (Phi) is 9.72. The van der Waals surface area contributed by atoms with E-state index < -0.39 is 60.7 Å². The van der Waals surface area contributed by atoms with Crippen molar-refractivity contribution < 1.29 is 41.8 Å². The van der Waals surface area contributed by atoms with Crippen molar-refractivity contribution in [3.05, 3.63) is 92.4 Å². The van der Waals surface area contributed by atoms with Gasteiger partial charge in [0.1, 0.15) is 25.4 Å². The summed E-state index contributed by atoms with van der Waals surface area (Å²) >= 11 is 8.32. The number of benzene rings is 2. The van der Waals surface area contributed by atoms with Crippen molar-refractivity contribution in [2.45, 2.75) is 42.8 Å². The summed E-state index contributed by atoms with van der Waals surface area (Å²) in [7, 11) is 0. The number of thioether (sulfide) groups is 1. The molecule has 0 aliphatic carbocycles. The molecule has 3 aromatic rings. The zero-order valence-electron chi connectivity index (χ0n) is 24.5. The Morgan fingerprint density at radius 3 is 2.61 bits per heavy atom. The molecular formula is C30H28ClF3N4O7S. The summed E-state index contributed by atoms with van der Waals surface area (Å²) in [6.07, 6.45) is -4.72. The highest BCUT2D eigenvalue weighted by Crippen LogP contribution is 2.45. The van der Waals surface area contributed by atoms with Crippen molar-refractivity contribution in [3.63, 3.8) is 0 Å². The SMILES string of the molecule is CC(=O)NCCOC(=O)OCOc1c2n(ccc1=O)N([C@@H]1c3ccccc3SCc3cccc(Cl)c31)CN([C@H](C)C(F)(F)F)C2=O. The zero-order chi connectivity index (χ0) is 33.2. The largest absolute Gasteiger partial charge is 0.511 e. The van der Waals surface area contributed by atoms with Crippen molar-refractivity contribution >= 4 is 41.3 Å². The summed E-state index contributed by atoms with van der Waals surface area (Å²) in [6, 6.07) is 10.8. The topological polar surface area (TPSA) is 119 Å². The van der Waals surface area contributed by atoms with Crippen molar-refractivity contribution in [1.29, 1.82) is 0 Å². The molecule has 2 aliphatic rings. The number of hydrogen-bond acceptors (Lipinski definition) is 9. The summed E-state index contributed by atoms with van der Waals surface area (Å²) in [5.74, 6) is -1.55. The number of aromatic nitrogens is 1. The lowest BCUT2D eigenvalue weighted by atomic mass is 9.94. The number of carbonyl (C=O) groups excluding carboxylic acids is 3. The molecule has 0 spiro atoms. The molecule has 2 atom stereocenters. The number of hydrogen-bond donors (Lipinski definition) is 1. The molecule has 0 bridgehead atoms. The summed E-state index contributed by atoms with van der Waals surface area (Å²) in [5, 5.41) is 4.32. The van der Waals surface area contributed by atoms with Crippen LogP contribution in [-0.2, 0) is 20.0 Å². The monoisotopic (exact) mass is 680 g/mol. The van der Waals surface area contributed by atoms with E-state index in [9.17, 15) is 32.3 Å². The van der Waals surface area contributed by atoms with Gasteiger partial charge < -0.3 is 24.4 Å². The molecule has 2 amide bonds. The first kappa shape index (κ1) is 33.0. The number of fused-ring (bicyclic) bond motifs is 3. The van der Waals surface area contributed by atoms with Gasteiger partial charge in [-0.15, -0.1) is 11.8 Å². The number of nitrogens with zero attached hydrogens (tertiary/aromatic N) is 3. The second kappa shape index (κ2) is 13.5. The van der Waals surface area contributed by atoms with Crippen LogP contribution in [0.25, 0.3) is 0 Å². The van der Waals surface area contributed by atoms with Crippen LogP contribution in [0.5, 0.6) is 5.75 Å². The van der Waals surface area contributed by atoms with Gasteiger partial charge in [0, 0.05) is 40.4 Å². The zero-order valence-corrected chi connectivity index (χ0v) is 26.1. The molecule has 2 aromatic carbocycles. The van der Waals surface area contributed by atoms with Gasteiger partial charge in [-0.05, 0) is 30.2 Å². The fourth-order valence-electron chi connectivity index (χ4n) is 5.18. The molecule has 16 heteroatoms. The molecule has 0 fully saturated rings. The van der Waals surface area contributed by atoms with E-state index >= 15 is 0 Å². The third-order valence-electron chi connectivity index (χ3n) is 7.40. The molecule has 3 heterocycles. The van der Waals surface area contributed by atoms with Gasteiger partial charge in [-0.1, -0.05) is 41.9 Å². The lowest BCUT2D eigenvalue weighted by molar-refractivity contribution is -0.173. The number of pyridine rings is 1. The van der Waals surface area contributed by atoms with Crippen molar-refractivity contribution in [2.24, 2.45) is 0 Å². The van der Waals surface area contributed by atoms with Gasteiger partial charge in [0.2, 0.25) is 23.9 Å². The Labute approximate surface area is 270 Å². The van der Waals surface area contributed by atoms with Gasteiger partial charge in [0.15, 0.2) is 5.69 Å². The van der Waals surface area contributed by atoms with Gasteiger partial charge in [0.05, 0.1) is 6.54 Å². The van der Waals surface area contributed by atoms with Crippen molar-refractivity contribution in [3.8, 4) is 5.75 Å². The predicted molar refractivity (Wildman–Crippen MR) is 161 cm³/mol. The maximum Gasteiger partial charge on any atom is 0.511 e. The van der Waals surface area contributed by atoms with E-state index in [4.69, 9.17) is 25.8 Å². The minimum Gasteiger partial charge on any atom is -0.451 e. The van der Waals surface area contributed by atoms with Gasteiger partial charge in [0.25, 0.3) is 5.91 Å². The third-order valence-corrected chi connectivity index (χ3v) is 8.87. The molecule has 2 aliphatic heterocycles. The molecule has 0 saturated carbocycles. The molecule has 1 aromatic heterocycles. The van der Waals surface area contributed by atoms with Crippen LogP contribution in [0.4, 0.5) is 18.0 Å². The van der Waals surface area contributed by atoms with E-state index in [0.29, 0.717) is 21.2 Å². The van der Waals surface area contributed by atoms with Crippen LogP contribution in [0, 0.1) is 0 Å². The minimum atomic E-state index is -4.81. The maximum atomic E-state index is 14.2. The number of halogens is 4. The highest BCUT2D eigenvalue weighted by Gasteiger charge is 2.48. The summed E-state index contributed by atoms with van der Waals surface area (Å²) in [4.78, 5) is 51.3. The maximum absolute atomic E-state index is 14.2. The van der Waals surface area contributed by atoms with Crippen LogP contribution in [-0.4, -0.2) is 66.4 Å². The van der Waals surface area contributed by atoms with Crippen LogP contribution in [0.3, 0.4) is 0 Å². The van der Waals surface area contributed by atoms with Crippen LogP contribution in [0.15, 0.2) is 64.4 Å². The van der Waals surface area contributed by atoms with Crippen LogP contribution < -0.4 is 20.5 Å². The van der Waals surface area contributed by atoms with Crippen LogP contribution >= 0.6 is 23.4 Å². The molecule has 0 saturated heterocycles. The first-order chi connectivity index (χ1) is 21.9. The van der Waals surface area contributed by atoms with Crippen molar-refractivity contribution in [2.75, 3.05) is 31.6 Å². The Balaban J connectivity index is 1.58. The molecule has 1 N–H and O–H groups in total. The lowest BCUT2D eigenvalue weighted by Gasteiger charge is -2.46. The van der Waals surface area contributed by atoms with E-state index in [-0.39, 0.29) is 19.1 Å². The van der Waals surface area contributed by atoms with Gasteiger partial charge in [-0.2, -0.15) is 13.2 Å². The number of rotatable bonds is 8. The van der Waals surface area contributed by atoms with E-state index in [1.807, 2.05) is 24.3 Å². The average molecular weight is 681 g/mol. The number of alkyl halides is 3. The normalized spacial score (nSPS) is 16.4. The van der Waals surface area contributed by atoms with Gasteiger partial charge >= 0.3 is 12.3 Å². The number of amides is 2. The van der Waals surface area contributed by atoms with E-state index in [2.05, 4.69) is 5.32 Å². The fourth-order valence-corrected chi connectivity index (χ4v) is 6.56. The first-order valence-corrected chi connectivity index (χ1v) is 15.3. The highest BCUT2D eigenvalue weighted by atomic mass is 35.5. The third kappa shape index (κ3) is 6.75. The summed E-state index contributed by atoms with van der Waals surface area (Å²) in [6.45, 7) is 0.512. The molecular weight excluding hydrogens is 653 g/mol. The highest BCUT2D eigenvalue weighted by molar-refractivity contribution is 7.98. The first-order valence-electron chi connectivity index (χ1n) is 13.9. The lowest BCUT2D eigenvalue weighted by Crippen LogP contribution is -2.60. The fraction of sp³-hybridized carbons (Fsp3) is 0.333. The van der Waals surface area contributed by atoms with Crippen LogP contribution in [0.1, 0.15) is 47.1 Å². The minimum absolute atomic E-state index is 0.0202. The Hall–Kier alpha value is -4.37. The van der Waals surface area contributed by atoms with Gasteiger partial charge in [-0.3, -0.25) is 24.1 Å². The second-order valence-corrected chi connectivity index (χ2v) is 11.7. The predicted octanol–water partition coefficient (Wildman–Crippen LogP) is 4.82. The quantitative estimate of drug-likeness (QED) is 0.203. The molecule has 0 unspecified atom stereocenters. The van der Waals surface area contributed by atoms with E-state index in [0.717, 1.165) is 29.0 Å². The molecule has 46 heavy (non-hydrogen) atoms. The average Bonchev–Trinajstić information content (AvgIpc) is 3.17. The smallest absolute Gasteiger partial charge is 0.451 e. The van der Waals surface area contributed by atoms with Crippen LogP contribution in [0.2, 0.25) is 5.02 Å². The summed E-state index contributed by atoms with van der Waals surface area (Å²) < 4.78 is 58.9. The Bertz CT molecular complexity index is 1720. The Morgan fingerprint density at radius 2 is 1.87 bits per heavy atom. The molecule has 0 radical (unpaired) electrons. The molecule has 5 rings (SSSR count). The number of carbonyl (C=O) groups is 3. The Morgan fingerprint density at radius 1 is 1.11 bits per heavy atom. The molecule has 11 nitrogen and oxygen atoms in total. The molecule has 244 valence electrons. The van der Waals surface area contributed by atoms with Crippen molar-refractivity contribution in [1.82, 2.24) is 14.9 Å². The number of ether oxygens (including phenoxy) is 3. The van der Waals surface area contributed by atoms with E-state index in [1.165, 1.54) is 34.6 Å². The standard InChI is InChI=1S/C30H28ClF3N4O7S/c1-17(30(32,33)34)36-15-38(25-20-7-3-4-9-23(20)46-14-19-6-5-8-21(31)24(19)25)37-12-10-22(40)27(26(37)28(36)41)44-16-45-29(42)43-13-11-35-18(2)39/h3-10,12,17,25H,11,13-16H2,1-2H3,(H,35,39)/t17-,25-/m1/s1.